The van der Waals surface area contributed by atoms with Gasteiger partial charge in [0.2, 0.25) is 0 Å². The van der Waals surface area contributed by atoms with Crippen molar-refractivity contribution in [2.45, 2.75) is 12.8 Å². The maximum Gasteiger partial charge on any atom is 0.310 e. The van der Waals surface area contributed by atoms with E-state index in [-0.39, 0.29) is 5.56 Å². The minimum Gasteiger partial charge on any atom is -0.481 e. The standard InChI is InChI=1S/C13H11FO2/c1-8(13(15)16)10-7-6-9-4-2-3-5-11(9)12(10)14/h2-8H,1H3,(H,15,16). The number of benzene rings is 2. The van der Waals surface area contributed by atoms with Crippen LogP contribution in [0.3, 0.4) is 0 Å². The number of fused-ring (bicyclic) bond motifs is 1. The quantitative estimate of drug-likeness (QED) is 0.840. The lowest BCUT2D eigenvalue weighted by Gasteiger charge is -2.09. The van der Waals surface area contributed by atoms with E-state index < -0.39 is 17.7 Å². The van der Waals surface area contributed by atoms with Crippen molar-refractivity contribution in [2.75, 3.05) is 0 Å². The highest BCUT2D eigenvalue weighted by molar-refractivity contribution is 5.86. The van der Waals surface area contributed by atoms with E-state index in [1.807, 2.05) is 6.07 Å². The number of carbonyl (C=O) groups is 1. The molecule has 2 aromatic rings. The minimum absolute atomic E-state index is 0.228. The zero-order valence-corrected chi connectivity index (χ0v) is 8.77. The summed E-state index contributed by atoms with van der Waals surface area (Å²) in [7, 11) is 0. The first-order valence-corrected chi connectivity index (χ1v) is 5.01. The number of rotatable bonds is 2. The Morgan fingerprint density at radius 3 is 2.62 bits per heavy atom. The van der Waals surface area contributed by atoms with E-state index >= 15 is 0 Å². The van der Waals surface area contributed by atoms with Gasteiger partial charge in [-0.25, -0.2) is 4.39 Å². The van der Waals surface area contributed by atoms with Crippen LogP contribution in [0.25, 0.3) is 10.8 Å². The summed E-state index contributed by atoms with van der Waals surface area (Å²) in [6.07, 6.45) is 0. The van der Waals surface area contributed by atoms with Gasteiger partial charge >= 0.3 is 5.97 Å². The van der Waals surface area contributed by atoms with Gasteiger partial charge in [0.25, 0.3) is 0 Å². The number of hydrogen-bond donors (Lipinski definition) is 1. The first-order chi connectivity index (χ1) is 7.61. The average Bonchev–Trinajstić information content (AvgIpc) is 2.29. The summed E-state index contributed by atoms with van der Waals surface area (Å²) < 4.78 is 14.0. The van der Waals surface area contributed by atoms with Crippen LogP contribution in [-0.2, 0) is 4.79 Å². The Bertz CT molecular complexity index is 549. The Kier molecular flexibility index (Phi) is 2.60. The smallest absolute Gasteiger partial charge is 0.310 e. The molecular formula is C13H11FO2. The zero-order valence-electron chi connectivity index (χ0n) is 8.77. The van der Waals surface area contributed by atoms with Crippen molar-refractivity contribution < 1.29 is 14.3 Å². The van der Waals surface area contributed by atoms with Crippen molar-refractivity contribution in [2.24, 2.45) is 0 Å². The highest BCUT2D eigenvalue weighted by Crippen LogP contribution is 2.26. The van der Waals surface area contributed by atoms with Crippen molar-refractivity contribution in [3.63, 3.8) is 0 Å². The highest BCUT2D eigenvalue weighted by atomic mass is 19.1. The molecule has 82 valence electrons. The van der Waals surface area contributed by atoms with E-state index in [0.717, 1.165) is 5.39 Å². The van der Waals surface area contributed by atoms with Crippen LogP contribution in [0, 0.1) is 5.82 Å². The van der Waals surface area contributed by atoms with Crippen molar-refractivity contribution in [1.82, 2.24) is 0 Å². The number of carboxylic acid groups (broad SMARTS) is 1. The summed E-state index contributed by atoms with van der Waals surface area (Å²) in [6, 6.07) is 10.3. The summed E-state index contributed by atoms with van der Waals surface area (Å²) >= 11 is 0. The van der Waals surface area contributed by atoms with Gasteiger partial charge in [0.1, 0.15) is 5.82 Å². The zero-order chi connectivity index (χ0) is 11.7. The molecule has 0 radical (unpaired) electrons. The maximum absolute atomic E-state index is 14.0. The van der Waals surface area contributed by atoms with Crippen molar-refractivity contribution in [3.05, 3.63) is 47.8 Å². The van der Waals surface area contributed by atoms with Crippen LogP contribution in [0.4, 0.5) is 4.39 Å². The Morgan fingerprint density at radius 1 is 1.25 bits per heavy atom. The van der Waals surface area contributed by atoms with Gasteiger partial charge in [0, 0.05) is 10.9 Å². The van der Waals surface area contributed by atoms with Crippen LogP contribution >= 0.6 is 0 Å². The molecule has 1 N–H and O–H groups in total. The van der Waals surface area contributed by atoms with Gasteiger partial charge in [-0.05, 0) is 12.3 Å². The number of halogens is 1. The largest absolute Gasteiger partial charge is 0.481 e. The molecule has 0 aliphatic carbocycles. The molecule has 1 atom stereocenters. The van der Waals surface area contributed by atoms with Gasteiger partial charge in [-0.3, -0.25) is 4.79 Å². The lowest BCUT2D eigenvalue weighted by Crippen LogP contribution is -2.09. The number of carboxylic acids is 1. The third-order valence-electron chi connectivity index (χ3n) is 2.73. The predicted molar refractivity (Wildman–Crippen MR) is 60.0 cm³/mol. The van der Waals surface area contributed by atoms with Crippen LogP contribution < -0.4 is 0 Å². The normalized spacial score (nSPS) is 12.6. The Morgan fingerprint density at radius 2 is 1.94 bits per heavy atom. The molecule has 0 fully saturated rings. The van der Waals surface area contributed by atoms with Crippen LogP contribution in [0.5, 0.6) is 0 Å². The van der Waals surface area contributed by atoms with E-state index in [0.29, 0.717) is 5.39 Å². The molecule has 16 heavy (non-hydrogen) atoms. The second-order valence-electron chi connectivity index (χ2n) is 3.75. The summed E-state index contributed by atoms with van der Waals surface area (Å²) in [4.78, 5) is 10.8. The van der Waals surface area contributed by atoms with Crippen LogP contribution in [0.1, 0.15) is 18.4 Å². The first-order valence-electron chi connectivity index (χ1n) is 5.01. The van der Waals surface area contributed by atoms with Gasteiger partial charge < -0.3 is 5.11 Å². The minimum atomic E-state index is -1.02. The fourth-order valence-electron chi connectivity index (χ4n) is 1.72. The van der Waals surface area contributed by atoms with Crippen LogP contribution in [0.2, 0.25) is 0 Å². The second-order valence-corrected chi connectivity index (χ2v) is 3.75. The van der Waals surface area contributed by atoms with Gasteiger partial charge in [0.15, 0.2) is 0 Å². The molecule has 0 bridgehead atoms. The summed E-state index contributed by atoms with van der Waals surface area (Å²) in [5.41, 5.74) is 0.228. The van der Waals surface area contributed by atoms with Crippen LogP contribution in [-0.4, -0.2) is 11.1 Å². The molecule has 0 aliphatic rings. The van der Waals surface area contributed by atoms with Crippen LogP contribution in [0.15, 0.2) is 36.4 Å². The van der Waals surface area contributed by atoms with Gasteiger partial charge in [-0.1, -0.05) is 36.4 Å². The lowest BCUT2D eigenvalue weighted by molar-refractivity contribution is -0.138. The molecule has 0 heterocycles. The molecule has 0 spiro atoms. The monoisotopic (exact) mass is 218 g/mol. The molecule has 2 nitrogen and oxygen atoms in total. The number of hydrogen-bond acceptors (Lipinski definition) is 1. The van der Waals surface area contributed by atoms with Crippen molar-refractivity contribution in [3.8, 4) is 0 Å². The maximum atomic E-state index is 14.0. The fourth-order valence-corrected chi connectivity index (χ4v) is 1.72. The van der Waals surface area contributed by atoms with Crippen molar-refractivity contribution in [1.29, 1.82) is 0 Å². The van der Waals surface area contributed by atoms with Gasteiger partial charge in [-0.15, -0.1) is 0 Å². The van der Waals surface area contributed by atoms with E-state index in [1.165, 1.54) is 13.0 Å². The van der Waals surface area contributed by atoms with E-state index in [4.69, 9.17) is 5.11 Å². The Hall–Kier alpha value is -1.90. The molecule has 3 heteroatoms. The fraction of sp³-hybridized carbons (Fsp3) is 0.154. The van der Waals surface area contributed by atoms with E-state index in [9.17, 15) is 9.18 Å². The molecule has 0 amide bonds. The molecule has 0 saturated carbocycles. The third kappa shape index (κ3) is 1.65. The van der Waals surface area contributed by atoms with Gasteiger partial charge in [0.05, 0.1) is 5.92 Å². The molecule has 2 rings (SSSR count). The molecule has 0 saturated heterocycles. The molecule has 1 unspecified atom stereocenters. The lowest BCUT2D eigenvalue weighted by atomic mass is 9.97. The molecular weight excluding hydrogens is 207 g/mol. The molecule has 2 aromatic carbocycles. The summed E-state index contributed by atoms with van der Waals surface area (Å²) in [5, 5.41) is 10.1. The summed E-state index contributed by atoms with van der Waals surface area (Å²) in [6.45, 7) is 1.48. The first kappa shape index (κ1) is 10.6. The topological polar surface area (TPSA) is 37.3 Å². The average molecular weight is 218 g/mol. The second kappa shape index (κ2) is 3.93. The molecule has 0 aliphatic heterocycles. The van der Waals surface area contributed by atoms with Gasteiger partial charge in [-0.2, -0.15) is 0 Å². The van der Waals surface area contributed by atoms with Crippen molar-refractivity contribution >= 4 is 16.7 Å². The Labute approximate surface area is 92.3 Å². The predicted octanol–water partition coefficient (Wildman–Crippen LogP) is 3.17. The highest BCUT2D eigenvalue weighted by Gasteiger charge is 2.18. The van der Waals surface area contributed by atoms with E-state index in [1.54, 1.807) is 24.3 Å². The molecule has 0 aromatic heterocycles. The summed E-state index contributed by atoms with van der Waals surface area (Å²) in [5.74, 6) is -2.29. The SMILES string of the molecule is CC(C(=O)O)c1ccc2ccccc2c1F. The van der Waals surface area contributed by atoms with E-state index in [2.05, 4.69) is 0 Å². The Balaban J connectivity index is 2.65. The number of aliphatic carboxylic acids is 1. The third-order valence-corrected chi connectivity index (χ3v) is 2.73.